The number of aliphatic hydroxyl groups excluding tert-OH is 1. The van der Waals surface area contributed by atoms with E-state index in [0.717, 1.165) is 5.56 Å². The molecule has 1 saturated heterocycles. The van der Waals surface area contributed by atoms with E-state index in [4.69, 9.17) is 9.47 Å². The number of para-hydroxylation sites is 2. The first-order valence-corrected chi connectivity index (χ1v) is 10.8. The highest BCUT2D eigenvalue weighted by Crippen LogP contribution is 2.25. The van der Waals surface area contributed by atoms with Crippen LogP contribution in [-0.4, -0.2) is 49.0 Å². The lowest BCUT2D eigenvalue weighted by Gasteiger charge is -2.36. The summed E-state index contributed by atoms with van der Waals surface area (Å²) in [5, 5.41) is 18.4. The van der Waals surface area contributed by atoms with Gasteiger partial charge in [0.25, 0.3) is 0 Å². The summed E-state index contributed by atoms with van der Waals surface area (Å²) in [4.78, 5) is 24.9. The Morgan fingerprint density at radius 3 is 2.56 bits per heavy atom. The van der Waals surface area contributed by atoms with Crippen molar-refractivity contribution in [3.05, 3.63) is 60.2 Å². The fourth-order valence-corrected chi connectivity index (χ4v) is 3.85. The number of ether oxygens (including phenoxy) is 2. The first kappa shape index (κ1) is 23.6. The molecule has 1 aliphatic heterocycles. The monoisotopic (exact) mass is 441 g/mol. The highest BCUT2D eigenvalue weighted by molar-refractivity contribution is 5.91. The number of carbonyl (C=O) groups is 2. The van der Waals surface area contributed by atoms with Crippen molar-refractivity contribution < 1.29 is 24.2 Å². The van der Waals surface area contributed by atoms with Crippen LogP contribution in [0.4, 0.5) is 10.5 Å². The molecule has 0 aromatic heterocycles. The number of carbonyl (C=O) groups excluding carboxylic acids is 2. The van der Waals surface area contributed by atoms with Crippen LogP contribution in [0.5, 0.6) is 5.75 Å². The molecule has 4 N–H and O–H groups in total. The Hall–Kier alpha value is -3.10. The third-order valence-corrected chi connectivity index (χ3v) is 5.56. The van der Waals surface area contributed by atoms with Crippen molar-refractivity contribution in [3.63, 3.8) is 0 Å². The summed E-state index contributed by atoms with van der Waals surface area (Å²) in [7, 11) is 1.53. The second-order valence-corrected chi connectivity index (χ2v) is 7.87. The van der Waals surface area contributed by atoms with Gasteiger partial charge in [-0.15, -0.1) is 0 Å². The van der Waals surface area contributed by atoms with Crippen LogP contribution >= 0.6 is 0 Å². The number of rotatable bonds is 8. The summed E-state index contributed by atoms with van der Waals surface area (Å²) in [6, 6.07) is 16.0. The zero-order valence-electron chi connectivity index (χ0n) is 18.4. The van der Waals surface area contributed by atoms with Gasteiger partial charge in [0, 0.05) is 0 Å². The molecule has 2 aromatic rings. The zero-order valence-corrected chi connectivity index (χ0v) is 18.4. The van der Waals surface area contributed by atoms with E-state index in [1.165, 1.54) is 7.11 Å². The van der Waals surface area contributed by atoms with Crippen molar-refractivity contribution in [2.24, 2.45) is 0 Å². The number of amides is 3. The molecule has 8 heteroatoms. The van der Waals surface area contributed by atoms with Gasteiger partial charge in [-0.2, -0.15) is 0 Å². The number of methoxy groups -OCH3 is 1. The molecule has 0 bridgehead atoms. The third-order valence-electron chi connectivity index (χ3n) is 5.56. The molecule has 2 aromatic carbocycles. The number of hydrogen-bond donors (Lipinski definition) is 4. The Kier molecular flexibility index (Phi) is 8.47. The quantitative estimate of drug-likeness (QED) is 0.504. The second-order valence-electron chi connectivity index (χ2n) is 7.87. The van der Waals surface area contributed by atoms with Gasteiger partial charge in [-0.25, -0.2) is 4.79 Å². The van der Waals surface area contributed by atoms with Crippen molar-refractivity contribution in [3.8, 4) is 5.75 Å². The van der Waals surface area contributed by atoms with Gasteiger partial charge in [-0.3, -0.25) is 4.79 Å². The molecule has 3 rings (SSSR count). The van der Waals surface area contributed by atoms with Crippen molar-refractivity contribution in [1.29, 1.82) is 0 Å². The number of benzene rings is 2. The molecule has 1 heterocycles. The predicted molar refractivity (Wildman–Crippen MR) is 122 cm³/mol. The van der Waals surface area contributed by atoms with Crippen molar-refractivity contribution >= 4 is 17.6 Å². The van der Waals surface area contributed by atoms with Crippen LogP contribution in [0.2, 0.25) is 0 Å². The standard InChI is InChI=1S/C24H31N3O5/c1-16(17-8-4-3-5-9-17)25-23(29)14-18-12-13-20(22(15-28)32-18)27-24(30)26-19-10-6-7-11-21(19)31-2/h3-11,16,18,20,22,28H,12-15H2,1-2H3,(H,25,29)(H2,26,27,30)/t16-,18-,20-,22-/m1/s1. The van der Waals surface area contributed by atoms with Gasteiger partial charge in [0.15, 0.2) is 0 Å². The number of aliphatic hydroxyl groups is 1. The predicted octanol–water partition coefficient (Wildman–Crippen LogP) is 2.99. The molecule has 8 nitrogen and oxygen atoms in total. The Bertz CT molecular complexity index is 892. The van der Waals surface area contributed by atoms with E-state index in [1.54, 1.807) is 18.2 Å². The van der Waals surface area contributed by atoms with Crippen LogP contribution in [0.25, 0.3) is 0 Å². The zero-order chi connectivity index (χ0) is 22.9. The molecule has 172 valence electrons. The molecule has 0 radical (unpaired) electrons. The minimum Gasteiger partial charge on any atom is -0.495 e. The maximum absolute atomic E-state index is 12.5. The number of hydrogen-bond acceptors (Lipinski definition) is 5. The van der Waals surface area contributed by atoms with Crippen LogP contribution in [-0.2, 0) is 9.53 Å². The van der Waals surface area contributed by atoms with Crippen molar-refractivity contribution in [2.75, 3.05) is 19.0 Å². The SMILES string of the molecule is COc1ccccc1NC(=O)N[C@@H]1CC[C@H](CC(=O)N[C@H](C)c2ccccc2)O[C@@H]1CO. The Morgan fingerprint density at radius 2 is 1.84 bits per heavy atom. The van der Waals surface area contributed by atoms with Gasteiger partial charge in [0.2, 0.25) is 5.91 Å². The topological polar surface area (TPSA) is 109 Å². The van der Waals surface area contributed by atoms with E-state index >= 15 is 0 Å². The molecule has 1 aliphatic rings. The fraction of sp³-hybridized carbons (Fsp3) is 0.417. The smallest absolute Gasteiger partial charge is 0.319 e. The Balaban J connectivity index is 1.48. The highest BCUT2D eigenvalue weighted by Gasteiger charge is 2.33. The molecule has 0 spiro atoms. The molecule has 32 heavy (non-hydrogen) atoms. The van der Waals surface area contributed by atoms with Gasteiger partial charge in [0.1, 0.15) is 11.9 Å². The minimum atomic E-state index is -0.587. The summed E-state index contributed by atoms with van der Waals surface area (Å²) < 4.78 is 11.2. The van der Waals surface area contributed by atoms with Crippen molar-refractivity contribution in [2.45, 2.75) is 50.5 Å². The van der Waals surface area contributed by atoms with Gasteiger partial charge in [0.05, 0.1) is 44.0 Å². The minimum absolute atomic E-state index is 0.103. The van der Waals surface area contributed by atoms with Crippen molar-refractivity contribution in [1.82, 2.24) is 10.6 Å². The summed E-state index contributed by atoms with van der Waals surface area (Å²) in [6.45, 7) is 1.68. The number of nitrogens with one attached hydrogen (secondary N) is 3. The number of anilines is 1. The normalized spacial score (nSPS) is 21.3. The van der Waals surface area contributed by atoms with E-state index in [1.807, 2.05) is 43.3 Å². The van der Waals surface area contributed by atoms with Gasteiger partial charge in [-0.1, -0.05) is 42.5 Å². The van der Waals surface area contributed by atoms with E-state index in [0.29, 0.717) is 24.3 Å². The average Bonchev–Trinajstić information content (AvgIpc) is 2.80. The van der Waals surface area contributed by atoms with E-state index < -0.39 is 12.1 Å². The average molecular weight is 442 g/mol. The highest BCUT2D eigenvalue weighted by atomic mass is 16.5. The largest absolute Gasteiger partial charge is 0.495 e. The first-order valence-electron chi connectivity index (χ1n) is 10.8. The van der Waals surface area contributed by atoms with E-state index in [9.17, 15) is 14.7 Å². The summed E-state index contributed by atoms with van der Waals surface area (Å²) in [6.07, 6.45) is 0.496. The molecule has 0 aliphatic carbocycles. The van der Waals surface area contributed by atoms with Crippen LogP contribution in [0, 0.1) is 0 Å². The Morgan fingerprint density at radius 1 is 1.12 bits per heavy atom. The van der Waals surface area contributed by atoms with Crippen LogP contribution in [0.15, 0.2) is 54.6 Å². The fourth-order valence-electron chi connectivity index (χ4n) is 3.85. The van der Waals surface area contributed by atoms with Crippen LogP contribution in [0.3, 0.4) is 0 Å². The molecular weight excluding hydrogens is 410 g/mol. The van der Waals surface area contributed by atoms with Gasteiger partial charge < -0.3 is 30.5 Å². The molecule has 0 unspecified atom stereocenters. The van der Waals surface area contributed by atoms with E-state index in [-0.39, 0.29) is 37.1 Å². The summed E-state index contributed by atoms with van der Waals surface area (Å²) in [5.41, 5.74) is 1.58. The van der Waals surface area contributed by atoms with Gasteiger partial charge in [-0.05, 0) is 37.5 Å². The maximum atomic E-state index is 12.5. The lowest BCUT2D eigenvalue weighted by Crippen LogP contribution is -2.52. The van der Waals surface area contributed by atoms with Gasteiger partial charge >= 0.3 is 6.03 Å². The molecule has 4 atom stereocenters. The summed E-state index contributed by atoms with van der Waals surface area (Å²) >= 11 is 0. The molecule has 3 amide bonds. The molecular formula is C24H31N3O5. The second kappa shape index (κ2) is 11.5. The maximum Gasteiger partial charge on any atom is 0.319 e. The third kappa shape index (κ3) is 6.45. The Labute approximate surface area is 188 Å². The molecule has 1 fully saturated rings. The summed E-state index contributed by atoms with van der Waals surface area (Å²) in [5.74, 6) is 0.445. The number of urea groups is 1. The van der Waals surface area contributed by atoms with Crippen LogP contribution < -0.4 is 20.7 Å². The van der Waals surface area contributed by atoms with E-state index in [2.05, 4.69) is 16.0 Å². The van der Waals surface area contributed by atoms with Crippen LogP contribution in [0.1, 0.15) is 37.8 Å². The molecule has 0 saturated carbocycles. The first-order chi connectivity index (χ1) is 15.5. The lowest BCUT2D eigenvalue weighted by molar-refractivity contribution is -0.131. The lowest BCUT2D eigenvalue weighted by atomic mass is 9.97.